The normalized spacial score (nSPS) is 54.2. The smallest absolute Gasteiger partial charge is 0.302 e. The Balaban J connectivity index is 1.60. The zero-order valence-corrected chi connectivity index (χ0v) is 17.8. The van der Waals surface area contributed by atoms with E-state index in [2.05, 4.69) is 13.8 Å². The molecule has 0 saturated heterocycles. The van der Waals surface area contributed by atoms with Crippen molar-refractivity contribution < 1.29 is 24.9 Å². The highest BCUT2D eigenvalue weighted by molar-refractivity contribution is 5.66. The molecule has 0 aromatic rings. The average molecular weight is 395 g/mol. The van der Waals surface area contributed by atoms with Crippen LogP contribution in [0.2, 0.25) is 0 Å². The first-order valence-electron chi connectivity index (χ1n) is 11.3. The van der Waals surface area contributed by atoms with Gasteiger partial charge in [0.1, 0.15) is 6.10 Å². The fourth-order valence-electron chi connectivity index (χ4n) is 8.51. The summed E-state index contributed by atoms with van der Waals surface area (Å²) in [6.45, 7) is 8.03. The minimum absolute atomic E-state index is 0.00773. The van der Waals surface area contributed by atoms with Gasteiger partial charge in [-0.25, -0.2) is 0 Å². The Kier molecular flexibility index (Phi) is 5.12. The van der Waals surface area contributed by atoms with E-state index in [1.807, 2.05) is 6.92 Å². The molecule has 5 heteroatoms. The third-order valence-corrected chi connectivity index (χ3v) is 9.65. The fourth-order valence-corrected chi connectivity index (χ4v) is 8.51. The summed E-state index contributed by atoms with van der Waals surface area (Å²) in [7, 11) is 0. The summed E-state index contributed by atoms with van der Waals surface area (Å²) < 4.78 is 5.53. The minimum Gasteiger partial charge on any atom is -0.462 e. The van der Waals surface area contributed by atoms with Gasteiger partial charge in [0.05, 0.1) is 18.3 Å². The van der Waals surface area contributed by atoms with Crippen LogP contribution in [0, 0.1) is 40.4 Å². The number of fused-ring (bicyclic) bond motifs is 5. The van der Waals surface area contributed by atoms with Crippen molar-refractivity contribution in [2.45, 2.75) is 97.1 Å². The molecule has 0 radical (unpaired) electrons. The molecule has 4 aliphatic carbocycles. The lowest BCUT2D eigenvalue weighted by Crippen LogP contribution is -2.57. The summed E-state index contributed by atoms with van der Waals surface area (Å²) in [6.07, 6.45) is 4.71. The molecule has 4 saturated carbocycles. The highest BCUT2D eigenvalue weighted by Crippen LogP contribution is 2.67. The van der Waals surface area contributed by atoms with Gasteiger partial charge in [-0.05, 0) is 86.4 Å². The van der Waals surface area contributed by atoms with E-state index >= 15 is 0 Å². The molecule has 0 amide bonds. The number of esters is 1. The molecule has 0 bridgehead atoms. The Morgan fingerprint density at radius 2 is 1.68 bits per heavy atom. The van der Waals surface area contributed by atoms with Crippen molar-refractivity contribution in [3.8, 4) is 0 Å². The molecule has 28 heavy (non-hydrogen) atoms. The molecule has 3 N–H and O–H groups in total. The van der Waals surface area contributed by atoms with E-state index in [9.17, 15) is 20.1 Å². The van der Waals surface area contributed by atoms with Crippen LogP contribution in [0.1, 0.15) is 72.6 Å². The van der Waals surface area contributed by atoms with Crippen LogP contribution in [0.3, 0.4) is 0 Å². The number of carbonyl (C=O) groups is 1. The number of aliphatic hydroxyl groups is 3. The van der Waals surface area contributed by atoms with E-state index in [0.29, 0.717) is 30.1 Å². The van der Waals surface area contributed by atoms with Gasteiger partial charge >= 0.3 is 5.97 Å². The first-order valence-corrected chi connectivity index (χ1v) is 11.3. The molecule has 0 aromatic heterocycles. The Labute approximate surface area is 168 Å². The highest BCUT2D eigenvalue weighted by Gasteiger charge is 2.63. The Morgan fingerprint density at radius 1 is 0.964 bits per heavy atom. The van der Waals surface area contributed by atoms with Crippen molar-refractivity contribution in [3.05, 3.63) is 0 Å². The summed E-state index contributed by atoms with van der Waals surface area (Å²) in [4.78, 5) is 11.5. The quantitative estimate of drug-likeness (QED) is 0.627. The lowest BCUT2D eigenvalue weighted by molar-refractivity contribution is -0.168. The SMILES string of the molecule is CC(=O)OC(C)C1C(O)CC2C3CCC4CC(O)C(O)CC4(C)C3CCC21C. The van der Waals surface area contributed by atoms with Crippen LogP contribution in [0.15, 0.2) is 0 Å². The van der Waals surface area contributed by atoms with Crippen LogP contribution in [-0.4, -0.2) is 45.7 Å². The van der Waals surface area contributed by atoms with Crippen LogP contribution in [0.4, 0.5) is 0 Å². The second-order valence-corrected chi connectivity index (χ2v) is 10.9. The van der Waals surface area contributed by atoms with Gasteiger partial charge in [0.15, 0.2) is 0 Å². The Morgan fingerprint density at radius 3 is 2.36 bits per heavy atom. The number of carbonyl (C=O) groups excluding carboxylic acids is 1. The van der Waals surface area contributed by atoms with Gasteiger partial charge in [-0.3, -0.25) is 4.79 Å². The summed E-state index contributed by atoms with van der Waals surface area (Å²) >= 11 is 0. The highest BCUT2D eigenvalue weighted by atomic mass is 16.5. The van der Waals surface area contributed by atoms with Crippen LogP contribution in [0.25, 0.3) is 0 Å². The molecule has 0 spiro atoms. The van der Waals surface area contributed by atoms with Crippen molar-refractivity contribution in [3.63, 3.8) is 0 Å². The van der Waals surface area contributed by atoms with Crippen LogP contribution in [0.5, 0.6) is 0 Å². The van der Waals surface area contributed by atoms with E-state index in [0.717, 1.165) is 38.5 Å². The van der Waals surface area contributed by atoms with Gasteiger partial charge in [0.25, 0.3) is 0 Å². The van der Waals surface area contributed by atoms with Gasteiger partial charge in [0, 0.05) is 12.8 Å². The molecule has 11 unspecified atom stereocenters. The van der Waals surface area contributed by atoms with Crippen molar-refractivity contribution in [2.24, 2.45) is 40.4 Å². The van der Waals surface area contributed by atoms with Crippen molar-refractivity contribution in [1.82, 2.24) is 0 Å². The molecule has 0 aliphatic heterocycles. The van der Waals surface area contributed by atoms with E-state index in [1.165, 1.54) is 6.92 Å². The number of rotatable bonds is 2. The van der Waals surface area contributed by atoms with Gasteiger partial charge in [-0.2, -0.15) is 0 Å². The Hall–Kier alpha value is -0.650. The van der Waals surface area contributed by atoms with E-state index in [4.69, 9.17) is 4.74 Å². The van der Waals surface area contributed by atoms with Gasteiger partial charge in [-0.1, -0.05) is 13.8 Å². The molecule has 4 fully saturated rings. The largest absolute Gasteiger partial charge is 0.462 e. The predicted octanol–water partition coefficient (Wildman–Crippen LogP) is 2.90. The van der Waals surface area contributed by atoms with E-state index in [-0.39, 0.29) is 28.8 Å². The maximum Gasteiger partial charge on any atom is 0.302 e. The first kappa shape index (κ1) is 20.6. The lowest BCUT2D eigenvalue weighted by Gasteiger charge is -2.61. The molecule has 4 rings (SSSR count). The molecular formula is C23H38O5. The number of hydrogen-bond acceptors (Lipinski definition) is 5. The average Bonchev–Trinajstić information content (AvgIpc) is 2.86. The van der Waals surface area contributed by atoms with Gasteiger partial charge < -0.3 is 20.1 Å². The maximum atomic E-state index is 11.5. The van der Waals surface area contributed by atoms with Crippen molar-refractivity contribution >= 4 is 5.97 Å². The maximum absolute atomic E-state index is 11.5. The molecule has 0 aromatic carbocycles. The molecule has 4 aliphatic rings. The topological polar surface area (TPSA) is 87.0 Å². The van der Waals surface area contributed by atoms with Gasteiger partial charge in [-0.15, -0.1) is 0 Å². The van der Waals surface area contributed by atoms with E-state index in [1.54, 1.807) is 0 Å². The third-order valence-electron chi connectivity index (χ3n) is 9.65. The second-order valence-electron chi connectivity index (χ2n) is 10.9. The van der Waals surface area contributed by atoms with Crippen molar-refractivity contribution in [1.29, 1.82) is 0 Å². The zero-order chi connectivity index (χ0) is 20.4. The first-order chi connectivity index (χ1) is 13.1. The molecule has 160 valence electrons. The molecule has 5 nitrogen and oxygen atoms in total. The summed E-state index contributed by atoms with van der Waals surface area (Å²) in [5, 5.41) is 31.6. The number of aliphatic hydroxyl groups excluding tert-OH is 3. The standard InChI is InChI=1S/C23H38O5/c1-12(28-13(2)24)21-19(26)10-17-15-6-5-14-9-18(25)20(27)11-23(14,4)16(15)7-8-22(17,21)3/h12,14-21,25-27H,5-11H2,1-4H3. The minimum atomic E-state index is -0.612. The molecule has 0 heterocycles. The molecular weight excluding hydrogens is 356 g/mol. The zero-order valence-electron chi connectivity index (χ0n) is 17.8. The summed E-state index contributed by atoms with van der Waals surface area (Å²) in [5.74, 6) is 1.73. The number of hydrogen-bond donors (Lipinski definition) is 3. The molecule has 11 atom stereocenters. The number of ether oxygens (including phenoxy) is 1. The third kappa shape index (κ3) is 2.95. The lowest BCUT2D eigenvalue weighted by atomic mass is 9.44. The predicted molar refractivity (Wildman–Crippen MR) is 105 cm³/mol. The van der Waals surface area contributed by atoms with Crippen LogP contribution < -0.4 is 0 Å². The van der Waals surface area contributed by atoms with Crippen LogP contribution in [-0.2, 0) is 9.53 Å². The summed E-state index contributed by atoms with van der Waals surface area (Å²) in [5.41, 5.74) is 0.0683. The Bertz CT molecular complexity index is 622. The van der Waals surface area contributed by atoms with E-state index < -0.39 is 18.3 Å². The van der Waals surface area contributed by atoms with Crippen LogP contribution >= 0.6 is 0 Å². The monoisotopic (exact) mass is 394 g/mol. The fraction of sp³-hybridized carbons (Fsp3) is 0.957. The second kappa shape index (κ2) is 6.95. The van der Waals surface area contributed by atoms with Crippen molar-refractivity contribution in [2.75, 3.05) is 0 Å². The summed E-state index contributed by atoms with van der Waals surface area (Å²) in [6, 6.07) is 0. The van der Waals surface area contributed by atoms with Gasteiger partial charge in [0.2, 0.25) is 0 Å².